The average Bonchev–Trinajstić information content (AvgIpc) is 2.98. The van der Waals surface area contributed by atoms with Gasteiger partial charge in [0.25, 0.3) is 5.56 Å². The Balaban J connectivity index is 1.56. The van der Waals surface area contributed by atoms with E-state index in [1.54, 1.807) is 12.1 Å². The summed E-state index contributed by atoms with van der Waals surface area (Å²) in [5.74, 6) is 0.885. The van der Waals surface area contributed by atoms with Crippen LogP contribution in [-0.4, -0.2) is 62.1 Å². The maximum absolute atomic E-state index is 13.2. The summed E-state index contributed by atoms with van der Waals surface area (Å²) in [7, 11) is -3.62. The molecule has 1 aromatic carbocycles. The highest BCUT2D eigenvalue weighted by atomic mass is 32.2. The van der Waals surface area contributed by atoms with Crippen LogP contribution in [0.4, 0.5) is 5.95 Å². The van der Waals surface area contributed by atoms with E-state index in [0.717, 1.165) is 5.56 Å². The zero-order chi connectivity index (χ0) is 21.3. The van der Waals surface area contributed by atoms with Gasteiger partial charge in [0.15, 0.2) is 0 Å². The second-order valence-corrected chi connectivity index (χ2v) is 9.98. The topological polar surface area (TPSA) is 95.6 Å². The summed E-state index contributed by atoms with van der Waals surface area (Å²) in [4.78, 5) is 22.5. The Morgan fingerprint density at radius 1 is 1.03 bits per heavy atom. The number of H-pyrrole nitrogens is 1. The molecule has 3 heterocycles. The lowest BCUT2D eigenvalue weighted by Crippen LogP contribution is -2.38. The second kappa shape index (κ2) is 8.49. The van der Waals surface area contributed by atoms with Crippen LogP contribution < -0.4 is 10.5 Å². The van der Waals surface area contributed by atoms with Crippen LogP contribution in [0.1, 0.15) is 36.6 Å². The van der Waals surface area contributed by atoms with Gasteiger partial charge in [-0.2, -0.15) is 4.31 Å². The Hall–Kier alpha value is -2.23. The van der Waals surface area contributed by atoms with Crippen LogP contribution in [0.5, 0.6) is 0 Å². The molecule has 0 atom stereocenters. The normalized spacial score (nSPS) is 18.3. The van der Waals surface area contributed by atoms with E-state index in [1.165, 1.54) is 4.31 Å². The molecular weight excluding hydrogens is 404 g/mol. The molecule has 0 radical (unpaired) electrons. The van der Waals surface area contributed by atoms with Crippen molar-refractivity contribution in [1.82, 2.24) is 14.3 Å². The summed E-state index contributed by atoms with van der Waals surface area (Å²) < 4.78 is 33.2. The van der Waals surface area contributed by atoms with Gasteiger partial charge < -0.3 is 9.64 Å². The molecule has 0 saturated carbocycles. The lowest BCUT2D eigenvalue weighted by atomic mass is 10.0. The predicted molar refractivity (Wildman–Crippen MR) is 115 cm³/mol. The number of rotatable bonds is 4. The SMILES string of the molecule is CC(C)c1ccc(S(=O)(=O)N2CCc3nc(N4CCOCC4)[nH]c(=O)c3CC2)cc1. The first-order valence-electron chi connectivity index (χ1n) is 10.4. The van der Waals surface area contributed by atoms with Crippen molar-refractivity contribution in [3.05, 3.63) is 51.4 Å². The third-order valence-corrected chi connectivity index (χ3v) is 7.71. The fourth-order valence-electron chi connectivity index (χ4n) is 3.91. The number of morpholine rings is 1. The summed E-state index contributed by atoms with van der Waals surface area (Å²) >= 11 is 0. The van der Waals surface area contributed by atoms with Crippen LogP contribution in [0.25, 0.3) is 0 Å². The van der Waals surface area contributed by atoms with Gasteiger partial charge in [-0.1, -0.05) is 26.0 Å². The van der Waals surface area contributed by atoms with Crippen LogP contribution >= 0.6 is 0 Å². The van der Waals surface area contributed by atoms with E-state index in [0.29, 0.717) is 68.8 Å². The quantitative estimate of drug-likeness (QED) is 0.787. The molecule has 2 aliphatic heterocycles. The zero-order valence-corrected chi connectivity index (χ0v) is 18.2. The van der Waals surface area contributed by atoms with Gasteiger partial charge in [-0.05, 0) is 30.0 Å². The lowest BCUT2D eigenvalue weighted by Gasteiger charge is -2.27. The first kappa shape index (κ1) is 21.0. The molecule has 0 unspecified atom stereocenters. The molecule has 1 N–H and O–H groups in total. The number of anilines is 1. The number of benzene rings is 1. The van der Waals surface area contributed by atoms with E-state index < -0.39 is 10.0 Å². The standard InChI is InChI=1S/C21H28N4O4S/c1-15(2)16-3-5-17(6-4-16)30(27,28)25-9-7-18-19(8-10-25)22-21(23-20(18)26)24-11-13-29-14-12-24/h3-6,15H,7-14H2,1-2H3,(H,22,23,26). The highest BCUT2D eigenvalue weighted by molar-refractivity contribution is 7.89. The van der Waals surface area contributed by atoms with Crippen LogP contribution in [0.3, 0.4) is 0 Å². The third kappa shape index (κ3) is 4.14. The maximum atomic E-state index is 13.2. The van der Waals surface area contributed by atoms with E-state index >= 15 is 0 Å². The number of hydrogen-bond acceptors (Lipinski definition) is 6. The molecule has 0 spiro atoms. The summed E-state index contributed by atoms with van der Waals surface area (Å²) in [5, 5.41) is 0. The van der Waals surface area contributed by atoms with Crippen molar-refractivity contribution >= 4 is 16.0 Å². The van der Waals surface area contributed by atoms with Gasteiger partial charge in [-0.15, -0.1) is 0 Å². The molecule has 2 aromatic rings. The number of fused-ring (bicyclic) bond motifs is 1. The summed E-state index contributed by atoms with van der Waals surface area (Å²) in [6.45, 7) is 7.27. The molecule has 9 heteroatoms. The van der Waals surface area contributed by atoms with Crippen LogP contribution in [0.2, 0.25) is 0 Å². The minimum atomic E-state index is -3.62. The van der Waals surface area contributed by atoms with Gasteiger partial charge in [0.1, 0.15) is 0 Å². The van der Waals surface area contributed by atoms with Crippen molar-refractivity contribution in [3.63, 3.8) is 0 Å². The van der Waals surface area contributed by atoms with Gasteiger partial charge in [0.05, 0.1) is 23.8 Å². The van der Waals surface area contributed by atoms with Crippen LogP contribution in [0, 0.1) is 0 Å². The largest absolute Gasteiger partial charge is 0.378 e. The van der Waals surface area contributed by atoms with E-state index in [2.05, 4.69) is 23.8 Å². The lowest BCUT2D eigenvalue weighted by molar-refractivity contribution is 0.122. The molecule has 0 amide bonds. The molecule has 0 aliphatic carbocycles. The third-order valence-electron chi connectivity index (χ3n) is 5.79. The predicted octanol–water partition coefficient (Wildman–Crippen LogP) is 1.52. The molecule has 30 heavy (non-hydrogen) atoms. The van der Waals surface area contributed by atoms with Crippen molar-refractivity contribution < 1.29 is 13.2 Å². The molecule has 162 valence electrons. The number of hydrogen-bond donors (Lipinski definition) is 1. The van der Waals surface area contributed by atoms with E-state index in [4.69, 9.17) is 4.74 Å². The van der Waals surface area contributed by atoms with E-state index in [1.807, 2.05) is 17.0 Å². The summed E-state index contributed by atoms with van der Waals surface area (Å²) in [6.07, 6.45) is 0.768. The molecular formula is C21H28N4O4S. The van der Waals surface area contributed by atoms with Crippen molar-refractivity contribution in [2.75, 3.05) is 44.3 Å². The van der Waals surface area contributed by atoms with Crippen LogP contribution in [-0.2, 0) is 27.6 Å². The minimum absolute atomic E-state index is 0.179. The maximum Gasteiger partial charge on any atom is 0.255 e. The average molecular weight is 433 g/mol. The first-order chi connectivity index (χ1) is 14.4. The van der Waals surface area contributed by atoms with Gasteiger partial charge in [0, 0.05) is 38.2 Å². The second-order valence-electron chi connectivity index (χ2n) is 8.04. The molecule has 1 fully saturated rings. The van der Waals surface area contributed by atoms with Crippen molar-refractivity contribution in [2.45, 2.75) is 37.5 Å². The number of sulfonamides is 1. The molecule has 4 rings (SSSR count). The summed E-state index contributed by atoms with van der Waals surface area (Å²) in [6, 6.07) is 7.07. The smallest absolute Gasteiger partial charge is 0.255 e. The first-order valence-corrected chi connectivity index (χ1v) is 11.8. The Morgan fingerprint density at radius 3 is 2.37 bits per heavy atom. The number of ether oxygens (including phenoxy) is 1. The number of aromatic nitrogens is 2. The molecule has 2 aliphatic rings. The van der Waals surface area contributed by atoms with Crippen molar-refractivity contribution in [3.8, 4) is 0 Å². The summed E-state index contributed by atoms with van der Waals surface area (Å²) in [5.41, 5.74) is 2.19. The van der Waals surface area contributed by atoms with Gasteiger partial charge in [-0.3, -0.25) is 9.78 Å². The Bertz CT molecular complexity index is 1060. The van der Waals surface area contributed by atoms with Crippen molar-refractivity contribution in [1.29, 1.82) is 0 Å². The fraction of sp³-hybridized carbons (Fsp3) is 0.524. The Kier molecular flexibility index (Phi) is 5.95. The molecule has 1 saturated heterocycles. The van der Waals surface area contributed by atoms with Gasteiger partial charge in [-0.25, -0.2) is 13.4 Å². The molecule has 0 bridgehead atoms. The number of nitrogens with zero attached hydrogens (tertiary/aromatic N) is 3. The monoisotopic (exact) mass is 432 g/mol. The number of aromatic amines is 1. The van der Waals surface area contributed by atoms with E-state index in [9.17, 15) is 13.2 Å². The Morgan fingerprint density at radius 2 is 1.70 bits per heavy atom. The Labute approximate surface area is 176 Å². The molecule has 1 aromatic heterocycles. The van der Waals surface area contributed by atoms with Crippen molar-refractivity contribution in [2.24, 2.45) is 0 Å². The van der Waals surface area contributed by atoms with E-state index in [-0.39, 0.29) is 17.0 Å². The van der Waals surface area contributed by atoms with Crippen LogP contribution in [0.15, 0.2) is 34.0 Å². The molecule has 8 nitrogen and oxygen atoms in total. The minimum Gasteiger partial charge on any atom is -0.378 e. The van der Waals surface area contributed by atoms with Gasteiger partial charge >= 0.3 is 0 Å². The zero-order valence-electron chi connectivity index (χ0n) is 17.4. The highest BCUT2D eigenvalue weighted by Crippen LogP contribution is 2.23. The van der Waals surface area contributed by atoms with Gasteiger partial charge in [0.2, 0.25) is 16.0 Å². The fourth-order valence-corrected chi connectivity index (χ4v) is 5.36. The highest BCUT2D eigenvalue weighted by Gasteiger charge is 2.29. The number of nitrogens with one attached hydrogen (secondary N) is 1.